The first-order valence-electron chi connectivity index (χ1n) is 6.71. The maximum atomic E-state index is 13.5. The van der Waals surface area contributed by atoms with E-state index in [4.69, 9.17) is 5.84 Å². The van der Waals surface area contributed by atoms with Crippen LogP contribution in [-0.4, -0.2) is 11.9 Å². The van der Waals surface area contributed by atoms with Crippen molar-refractivity contribution >= 4 is 11.6 Å². The molecule has 0 bridgehead atoms. The molecule has 0 aliphatic heterocycles. The molecule has 0 saturated heterocycles. The molecule has 4 N–H and O–H groups in total. The van der Waals surface area contributed by atoms with Crippen LogP contribution in [0.1, 0.15) is 43.0 Å². The Morgan fingerprint density at radius 3 is 2.84 bits per heavy atom. The highest BCUT2D eigenvalue weighted by molar-refractivity contribution is 5.99. The van der Waals surface area contributed by atoms with E-state index in [1.165, 1.54) is 25.0 Å². The summed E-state index contributed by atoms with van der Waals surface area (Å²) in [7, 11) is 0. The van der Waals surface area contributed by atoms with E-state index in [9.17, 15) is 9.18 Å². The number of benzene rings is 1. The summed E-state index contributed by atoms with van der Waals surface area (Å²) in [5, 5.41) is 2.96. The first kappa shape index (κ1) is 13.8. The second-order valence-electron chi connectivity index (χ2n) is 5.06. The number of hydrogen-bond acceptors (Lipinski definition) is 3. The van der Waals surface area contributed by atoms with Crippen molar-refractivity contribution < 1.29 is 9.18 Å². The van der Waals surface area contributed by atoms with Gasteiger partial charge in [-0.15, -0.1) is 0 Å². The minimum absolute atomic E-state index is 0.0428. The van der Waals surface area contributed by atoms with Crippen LogP contribution in [0, 0.1) is 11.7 Å². The molecule has 104 valence electrons. The van der Waals surface area contributed by atoms with Crippen molar-refractivity contribution in [2.75, 3.05) is 5.43 Å². The lowest BCUT2D eigenvalue weighted by molar-refractivity contribution is 0.0933. The van der Waals surface area contributed by atoms with Gasteiger partial charge in [0.15, 0.2) is 0 Å². The molecule has 1 atom stereocenters. The zero-order chi connectivity index (χ0) is 13.8. The van der Waals surface area contributed by atoms with Crippen LogP contribution in [-0.2, 0) is 0 Å². The number of nitrogens with two attached hydrogens (primary N) is 1. The number of para-hydroxylation sites is 1. The van der Waals surface area contributed by atoms with Crippen LogP contribution in [0.4, 0.5) is 10.1 Å². The van der Waals surface area contributed by atoms with Gasteiger partial charge in [-0.05, 0) is 30.9 Å². The van der Waals surface area contributed by atoms with E-state index in [1.54, 1.807) is 6.07 Å². The number of hydrazine groups is 1. The quantitative estimate of drug-likeness (QED) is 0.546. The Bertz CT molecular complexity index is 460. The van der Waals surface area contributed by atoms with Crippen LogP contribution in [0.3, 0.4) is 0 Å². The summed E-state index contributed by atoms with van der Waals surface area (Å²) in [6.45, 7) is 2.04. The zero-order valence-electron chi connectivity index (χ0n) is 11.1. The van der Waals surface area contributed by atoms with Crippen molar-refractivity contribution in [1.29, 1.82) is 0 Å². The van der Waals surface area contributed by atoms with Gasteiger partial charge in [0.25, 0.3) is 5.91 Å². The van der Waals surface area contributed by atoms with Crippen LogP contribution in [0.2, 0.25) is 0 Å². The second kappa shape index (κ2) is 6.02. The molecule has 19 heavy (non-hydrogen) atoms. The predicted molar refractivity (Wildman–Crippen MR) is 73.1 cm³/mol. The van der Waals surface area contributed by atoms with Gasteiger partial charge < -0.3 is 10.7 Å². The van der Waals surface area contributed by atoms with Crippen molar-refractivity contribution in [2.45, 2.75) is 38.6 Å². The maximum absolute atomic E-state index is 13.5. The summed E-state index contributed by atoms with van der Waals surface area (Å²) >= 11 is 0. The van der Waals surface area contributed by atoms with Gasteiger partial charge in [0.05, 0.1) is 11.3 Å². The largest absolute Gasteiger partial charge is 0.349 e. The Labute approximate surface area is 112 Å². The summed E-state index contributed by atoms with van der Waals surface area (Å²) in [4.78, 5) is 12.2. The van der Waals surface area contributed by atoms with Gasteiger partial charge in [-0.1, -0.05) is 25.8 Å². The average Bonchev–Trinajstić information content (AvgIpc) is 3.21. The fourth-order valence-corrected chi connectivity index (χ4v) is 2.21. The average molecular weight is 265 g/mol. The fourth-order valence-electron chi connectivity index (χ4n) is 2.21. The minimum atomic E-state index is -0.523. The third-order valence-electron chi connectivity index (χ3n) is 3.55. The smallest absolute Gasteiger partial charge is 0.253 e. The number of rotatable bonds is 6. The van der Waals surface area contributed by atoms with E-state index in [-0.39, 0.29) is 23.2 Å². The molecule has 0 radical (unpaired) electrons. The van der Waals surface area contributed by atoms with E-state index >= 15 is 0 Å². The normalized spacial score (nSPS) is 15.9. The number of anilines is 1. The Balaban J connectivity index is 2.07. The highest BCUT2D eigenvalue weighted by Gasteiger charge is 2.26. The van der Waals surface area contributed by atoms with Crippen LogP contribution >= 0.6 is 0 Å². The van der Waals surface area contributed by atoms with Crippen molar-refractivity contribution in [3.05, 3.63) is 29.6 Å². The SMILES string of the molecule is CCC(CC1CC1)NC(=O)c1cccc(F)c1NN. The highest BCUT2D eigenvalue weighted by Crippen LogP contribution is 2.34. The van der Waals surface area contributed by atoms with Gasteiger partial charge in [-0.3, -0.25) is 10.6 Å². The lowest BCUT2D eigenvalue weighted by atomic mass is 10.1. The third kappa shape index (κ3) is 3.44. The van der Waals surface area contributed by atoms with Gasteiger partial charge in [0, 0.05) is 6.04 Å². The minimum Gasteiger partial charge on any atom is -0.349 e. The van der Waals surface area contributed by atoms with Crippen molar-refractivity contribution in [1.82, 2.24) is 5.32 Å². The standard InChI is InChI=1S/C14H20FN3O/c1-2-10(8-9-6-7-9)17-14(19)11-4-3-5-12(15)13(11)18-16/h3-5,9-10,18H,2,6-8,16H2,1H3,(H,17,19). The van der Waals surface area contributed by atoms with Gasteiger partial charge in [0.1, 0.15) is 5.82 Å². The Kier molecular flexibility index (Phi) is 4.37. The number of carbonyl (C=O) groups is 1. The van der Waals surface area contributed by atoms with Crippen molar-refractivity contribution in [3.8, 4) is 0 Å². The van der Waals surface area contributed by atoms with Gasteiger partial charge in [-0.25, -0.2) is 4.39 Å². The molecule has 1 aromatic carbocycles. The molecule has 0 aromatic heterocycles. The molecule has 1 aliphatic carbocycles. The van der Waals surface area contributed by atoms with E-state index in [0.29, 0.717) is 0 Å². The number of nitrogens with one attached hydrogen (secondary N) is 2. The molecule has 1 saturated carbocycles. The molecule has 5 heteroatoms. The molecule has 1 amide bonds. The lowest BCUT2D eigenvalue weighted by Gasteiger charge is -2.18. The summed E-state index contributed by atoms with van der Waals surface area (Å²) in [5.41, 5.74) is 2.54. The number of carbonyl (C=O) groups excluding carboxylic acids is 1. The molecule has 2 rings (SSSR count). The molecular weight excluding hydrogens is 245 g/mol. The van der Waals surface area contributed by atoms with E-state index < -0.39 is 5.82 Å². The van der Waals surface area contributed by atoms with Crippen LogP contribution in [0.5, 0.6) is 0 Å². The van der Waals surface area contributed by atoms with Crippen LogP contribution in [0.15, 0.2) is 18.2 Å². The van der Waals surface area contributed by atoms with Gasteiger partial charge in [0.2, 0.25) is 0 Å². The van der Waals surface area contributed by atoms with Crippen molar-refractivity contribution in [2.24, 2.45) is 11.8 Å². The predicted octanol–water partition coefficient (Wildman–Crippen LogP) is 2.42. The monoisotopic (exact) mass is 265 g/mol. The number of nitrogen functional groups attached to an aromatic ring is 1. The summed E-state index contributed by atoms with van der Waals surface area (Å²) in [6.07, 6.45) is 4.38. The van der Waals surface area contributed by atoms with E-state index in [2.05, 4.69) is 10.7 Å². The molecule has 1 aliphatic rings. The zero-order valence-corrected chi connectivity index (χ0v) is 11.1. The highest BCUT2D eigenvalue weighted by atomic mass is 19.1. The molecule has 1 fully saturated rings. The lowest BCUT2D eigenvalue weighted by Crippen LogP contribution is -2.35. The number of hydrogen-bond donors (Lipinski definition) is 3. The topological polar surface area (TPSA) is 67.2 Å². The Morgan fingerprint density at radius 1 is 1.53 bits per heavy atom. The molecular formula is C14H20FN3O. The Hall–Kier alpha value is -1.62. The van der Waals surface area contributed by atoms with E-state index in [0.717, 1.165) is 18.8 Å². The molecule has 1 unspecified atom stereocenters. The molecule has 1 aromatic rings. The third-order valence-corrected chi connectivity index (χ3v) is 3.55. The van der Waals surface area contributed by atoms with Gasteiger partial charge in [-0.2, -0.15) is 0 Å². The fraction of sp³-hybridized carbons (Fsp3) is 0.500. The summed E-state index contributed by atoms with van der Waals surface area (Å²) < 4.78 is 13.5. The first-order chi connectivity index (χ1) is 9.15. The summed E-state index contributed by atoms with van der Waals surface area (Å²) in [6, 6.07) is 4.49. The number of amides is 1. The summed E-state index contributed by atoms with van der Waals surface area (Å²) in [5.74, 6) is 5.21. The Morgan fingerprint density at radius 2 is 2.26 bits per heavy atom. The first-order valence-corrected chi connectivity index (χ1v) is 6.71. The second-order valence-corrected chi connectivity index (χ2v) is 5.06. The maximum Gasteiger partial charge on any atom is 0.253 e. The van der Waals surface area contributed by atoms with Crippen LogP contribution < -0.4 is 16.6 Å². The van der Waals surface area contributed by atoms with Crippen molar-refractivity contribution in [3.63, 3.8) is 0 Å². The van der Waals surface area contributed by atoms with Crippen LogP contribution in [0.25, 0.3) is 0 Å². The molecule has 4 nitrogen and oxygen atoms in total. The molecule has 0 heterocycles. The van der Waals surface area contributed by atoms with Gasteiger partial charge >= 0.3 is 0 Å². The van der Waals surface area contributed by atoms with E-state index in [1.807, 2.05) is 6.92 Å². The number of halogens is 1. The molecule has 0 spiro atoms.